The lowest BCUT2D eigenvalue weighted by Gasteiger charge is -2.26. The van der Waals surface area contributed by atoms with E-state index in [4.69, 9.17) is 4.74 Å². The zero-order valence-corrected chi connectivity index (χ0v) is 10.2. The number of carbonyl (C=O) groups is 1. The lowest BCUT2D eigenvalue weighted by Crippen LogP contribution is -2.41. The number of hydrogen-bond acceptors (Lipinski definition) is 3. The molecule has 1 fully saturated rings. The van der Waals surface area contributed by atoms with Gasteiger partial charge in [-0.15, -0.1) is 0 Å². The molecule has 18 heavy (non-hydrogen) atoms. The normalized spacial score (nSPS) is 16.5. The van der Waals surface area contributed by atoms with Gasteiger partial charge in [0, 0.05) is 26.2 Å². The molecule has 1 heterocycles. The number of carbonyl (C=O) groups excluding carboxylic acids is 1. The Morgan fingerprint density at radius 1 is 1.33 bits per heavy atom. The fourth-order valence-corrected chi connectivity index (χ4v) is 1.89. The number of hydrogen-bond donors (Lipinski definition) is 1. The van der Waals surface area contributed by atoms with Crippen LogP contribution in [0.25, 0.3) is 0 Å². The van der Waals surface area contributed by atoms with Gasteiger partial charge in [0.15, 0.2) is 0 Å². The molecule has 98 valence electrons. The molecule has 1 N–H and O–H groups in total. The van der Waals surface area contributed by atoms with Gasteiger partial charge in [-0.1, -0.05) is 12.1 Å². The first kappa shape index (κ1) is 13.0. The molecule has 2 rings (SSSR count). The molecule has 0 atom stereocenters. The summed E-state index contributed by atoms with van der Waals surface area (Å²) in [6.07, 6.45) is 0. The first-order chi connectivity index (χ1) is 8.77. The van der Waals surface area contributed by atoms with Crippen molar-refractivity contribution in [1.29, 1.82) is 0 Å². The third-order valence-corrected chi connectivity index (χ3v) is 2.94. The molecule has 0 spiro atoms. The van der Waals surface area contributed by atoms with E-state index in [1.807, 2.05) is 0 Å². The minimum atomic E-state index is -0.485. The Morgan fingerprint density at radius 3 is 2.78 bits per heavy atom. The van der Waals surface area contributed by atoms with Gasteiger partial charge in [0.05, 0.1) is 18.8 Å². The Hall–Kier alpha value is -1.46. The first-order valence-corrected chi connectivity index (χ1v) is 6.10. The van der Waals surface area contributed by atoms with Crippen LogP contribution >= 0.6 is 0 Å². The second-order valence-electron chi connectivity index (χ2n) is 4.19. The predicted molar refractivity (Wildman–Crippen MR) is 66.0 cm³/mol. The molecule has 0 bridgehead atoms. The molecule has 1 aliphatic rings. The van der Waals surface area contributed by atoms with Crippen LogP contribution < -0.4 is 5.32 Å². The average Bonchev–Trinajstić information content (AvgIpc) is 2.40. The fraction of sp³-hybridized carbons (Fsp3) is 0.462. The third-order valence-electron chi connectivity index (χ3n) is 2.94. The molecule has 1 saturated heterocycles. The summed E-state index contributed by atoms with van der Waals surface area (Å²) in [5, 5.41) is 2.73. The van der Waals surface area contributed by atoms with Gasteiger partial charge < -0.3 is 10.1 Å². The van der Waals surface area contributed by atoms with Crippen LogP contribution in [-0.2, 0) is 4.74 Å². The van der Waals surface area contributed by atoms with E-state index in [1.54, 1.807) is 12.1 Å². The number of benzene rings is 1. The summed E-state index contributed by atoms with van der Waals surface area (Å²) in [7, 11) is 0. The van der Waals surface area contributed by atoms with Crippen molar-refractivity contribution in [3.63, 3.8) is 0 Å². The van der Waals surface area contributed by atoms with Crippen LogP contribution in [0, 0.1) is 5.82 Å². The van der Waals surface area contributed by atoms with Crippen LogP contribution in [0.4, 0.5) is 4.39 Å². The van der Waals surface area contributed by atoms with E-state index < -0.39 is 5.82 Å². The van der Waals surface area contributed by atoms with Crippen molar-refractivity contribution in [2.45, 2.75) is 0 Å². The van der Waals surface area contributed by atoms with E-state index in [2.05, 4.69) is 10.2 Å². The second kappa shape index (κ2) is 6.47. The summed E-state index contributed by atoms with van der Waals surface area (Å²) in [6.45, 7) is 4.53. The van der Waals surface area contributed by atoms with Gasteiger partial charge in [-0.2, -0.15) is 0 Å². The maximum atomic E-state index is 13.3. The highest BCUT2D eigenvalue weighted by Crippen LogP contribution is 2.05. The minimum absolute atomic E-state index is 0.0967. The van der Waals surface area contributed by atoms with Crippen molar-refractivity contribution in [2.24, 2.45) is 0 Å². The molecule has 0 aliphatic carbocycles. The summed E-state index contributed by atoms with van der Waals surface area (Å²) in [5.41, 5.74) is 0.0967. The van der Waals surface area contributed by atoms with Crippen LogP contribution in [0.2, 0.25) is 0 Å². The highest BCUT2D eigenvalue weighted by atomic mass is 19.1. The molecule has 1 aromatic carbocycles. The molecular weight excluding hydrogens is 235 g/mol. The Bertz CT molecular complexity index is 406. The lowest BCUT2D eigenvalue weighted by molar-refractivity contribution is 0.0383. The zero-order valence-electron chi connectivity index (χ0n) is 10.2. The Kier molecular flexibility index (Phi) is 4.66. The molecule has 4 nitrogen and oxygen atoms in total. The quantitative estimate of drug-likeness (QED) is 0.865. The van der Waals surface area contributed by atoms with Gasteiger partial charge in [-0.05, 0) is 12.1 Å². The molecule has 0 aromatic heterocycles. The highest BCUT2D eigenvalue weighted by molar-refractivity contribution is 5.94. The van der Waals surface area contributed by atoms with Crippen molar-refractivity contribution in [3.8, 4) is 0 Å². The standard InChI is InChI=1S/C13H17FN2O2/c14-12-4-2-1-3-11(12)13(17)15-5-6-16-7-9-18-10-8-16/h1-4H,5-10H2,(H,15,17). The van der Waals surface area contributed by atoms with E-state index in [-0.39, 0.29) is 11.5 Å². The van der Waals surface area contributed by atoms with E-state index in [9.17, 15) is 9.18 Å². The van der Waals surface area contributed by atoms with Crippen molar-refractivity contribution in [1.82, 2.24) is 10.2 Å². The van der Waals surface area contributed by atoms with E-state index in [1.165, 1.54) is 12.1 Å². The minimum Gasteiger partial charge on any atom is -0.379 e. The van der Waals surface area contributed by atoms with E-state index in [0.717, 1.165) is 32.8 Å². The monoisotopic (exact) mass is 252 g/mol. The number of nitrogens with one attached hydrogen (secondary N) is 1. The number of nitrogens with zero attached hydrogens (tertiary/aromatic N) is 1. The van der Waals surface area contributed by atoms with Crippen LogP contribution in [-0.4, -0.2) is 50.2 Å². The zero-order chi connectivity index (χ0) is 12.8. The molecule has 0 radical (unpaired) electrons. The number of morpholine rings is 1. The summed E-state index contributed by atoms with van der Waals surface area (Å²) in [6, 6.07) is 6.00. The highest BCUT2D eigenvalue weighted by Gasteiger charge is 2.12. The van der Waals surface area contributed by atoms with Crippen LogP contribution in [0.3, 0.4) is 0 Å². The maximum Gasteiger partial charge on any atom is 0.254 e. The van der Waals surface area contributed by atoms with Crippen molar-refractivity contribution >= 4 is 5.91 Å². The molecule has 0 unspecified atom stereocenters. The molecule has 1 aliphatic heterocycles. The number of rotatable bonds is 4. The van der Waals surface area contributed by atoms with Crippen molar-refractivity contribution < 1.29 is 13.9 Å². The second-order valence-corrected chi connectivity index (χ2v) is 4.19. The molecule has 1 amide bonds. The van der Waals surface area contributed by atoms with Gasteiger partial charge in [-0.3, -0.25) is 9.69 Å². The summed E-state index contributed by atoms with van der Waals surface area (Å²) >= 11 is 0. The fourth-order valence-electron chi connectivity index (χ4n) is 1.89. The molecule has 0 saturated carbocycles. The first-order valence-electron chi connectivity index (χ1n) is 6.10. The van der Waals surface area contributed by atoms with Gasteiger partial charge in [-0.25, -0.2) is 4.39 Å². The molecule has 1 aromatic rings. The van der Waals surface area contributed by atoms with Crippen LogP contribution in [0.1, 0.15) is 10.4 Å². The van der Waals surface area contributed by atoms with Gasteiger partial charge >= 0.3 is 0 Å². The Morgan fingerprint density at radius 2 is 2.06 bits per heavy atom. The lowest BCUT2D eigenvalue weighted by atomic mass is 10.2. The smallest absolute Gasteiger partial charge is 0.254 e. The van der Waals surface area contributed by atoms with Gasteiger partial charge in [0.2, 0.25) is 0 Å². The van der Waals surface area contributed by atoms with Gasteiger partial charge in [0.1, 0.15) is 5.82 Å². The Balaban J connectivity index is 1.76. The maximum absolute atomic E-state index is 13.3. The topological polar surface area (TPSA) is 41.6 Å². The van der Waals surface area contributed by atoms with Crippen LogP contribution in [0.15, 0.2) is 24.3 Å². The number of amides is 1. The summed E-state index contributed by atoms with van der Waals surface area (Å²) in [4.78, 5) is 13.9. The molecule has 5 heteroatoms. The predicted octanol–water partition coefficient (Wildman–Crippen LogP) is 0.888. The summed E-state index contributed by atoms with van der Waals surface area (Å²) in [5.74, 6) is -0.845. The van der Waals surface area contributed by atoms with E-state index in [0.29, 0.717) is 6.54 Å². The van der Waals surface area contributed by atoms with E-state index >= 15 is 0 Å². The van der Waals surface area contributed by atoms with Crippen molar-refractivity contribution in [2.75, 3.05) is 39.4 Å². The van der Waals surface area contributed by atoms with Crippen molar-refractivity contribution in [3.05, 3.63) is 35.6 Å². The number of ether oxygens (including phenoxy) is 1. The SMILES string of the molecule is O=C(NCCN1CCOCC1)c1ccccc1F. The average molecular weight is 252 g/mol. The molecular formula is C13H17FN2O2. The van der Waals surface area contributed by atoms with Crippen LogP contribution in [0.5, 0.6) is 0 Å². The number of halogens is 1. The summed E-state index contributed by atoms with van der Waals surface area (Å²) < 4.78 is 18.6. The Labute approximate surface area is 106 Å². The van der Waals surface area contributed by atoms with Gasteiger partial charge in [0.25, 0.3) is 5.91 Å². The third kappa shape index (κ3) is 3.51. The largest absolute Gasteiger partial charge is 0.379 e.